The summed E-state index contributed by atoms with van der Waals surface area (Å²) in [7, 11) is 0. The highest BCUT2D eigenvalue weighted by atomic mass is 32.1. The zero-order chi connectivity index (χ0) is 26.2. The lowest BCUT2D eigenvalue weighted by Crippen LogP contribution is -2.47. The predicted molar refractivity (Wildman–Crippen MR) is 156 cm³/mol. The van der Waals surface area contributed by atoms with E-state index in [4.69, 9.17) is 22.2 Å². The average molecular weight is 524 g/mol. The summed E-state index contributed by atoms with van der Waals surface area (Å²) >= 11 is 5.77. The standard InChI is InChI=1S/C29H29N7OS/c1-3-35(4-2)28(37)18-8-7-15-36(17-18)29(38)32-19-11-12-22-23(16-19)34-27-21-10-6-14-31-25(21)24-20(26(27)33-22)9-5-13-30-24/h5-6,9-14,16,18H,3-4,7-8,15,17H2,1-2H3,(H,32,38)/t18-/m1/s1. The molecule has 2 aromatic carbocycles. The van der Waals surface area contributed by atoms with Crippen LogP contribution >= 0.6 is 12.2 Å². The Hall–Kier alpha value is -3.98. The minimum atomic E-state index is -0.0246. The number of piperidine rings is 1. The Kier molecular flexibility index (Phi) is 6.45. The summed E-state index contributed by atoms with van der Waals surface area (Å²) in [5, 5.41) is 5.87. The van der Waals surface area contributed by atoms with E-state index < -0.39 is 0 Å². The van der Waals surface area contributed by atoms with Crippen LogP contribution in [-0.4, -0.2) is 66.9 Å². The van der Waals surface area contributed by atoms with E-state index in [2.05, 4.69) is 20.2 Å². The van der Waals surface area contributed by atoms with Gasteiger partial charge in [0.05, 0.1) is 39.0 Å². The number of nitrogens with zero attached hydrogens (tertiary/aromatic N) is 6. The minimum absolute atomic E-state index is 0.0246. The Morgan fingerprint density at radius 3 is 2.29 bits per heavy atom. The maximum Gasteiger partial charge on any atom is 0.227 e. The highest BCUT2D eigenvalue weighted by Crippen LogP contribution is 2.32. The smallest absolute Gasteiger partial charge is 0.227 e. The fraction of sp³-hybridized carbons (Fsp3) is 0.310. The van der Waals surface area contributed by atoms with Crippen LogP contribution in [0.3, 0.4) is 0 Å². The number of pyridine rings is 2. The molecule has 4 heterocycles. The van der Waals surface area contributed by atoms with Crippen molar-refractivity contribution in [2.75, 3.05) is 31.5 Å². The van der Waals surface area contributed by atoms with Gasteiger partial charge in [0, 0.05) is 55.0 Å². The molecule has 1 fully saturated rings. The number of thiocarbonyl (C=S) groups is 1. The zero-order valence-corrected chi connectivity index (χ0v) is 22.3. The number of aromatic nitrogens is 4. The number of hydrogen-bond donors (Lipinski definition) is 1. The Balaban J connectivity index is 1.32. The van der Waals surface area contributed by atoms with Crippen LogP contribution in [0.15, 0.2) is 54.9 Å². The van der Waals surface area contributed by atoms with Crippen LogP contribution in [0.2, 0.25) is 0 Å². The molecule has 9 heteroatoms. The van der Waals surface area contributed by atoms with Crippen molar-refractivity contribution < 1.29 is 4.79 Å². The van der Waals surface area contributed by atoms with Crippen LogP contribution in [-0.2, 0) is 4.79 Å². The van der Waals surface area contributed by atoms with E-state index >= 15 is 0 Å². The van der Waals surface area contributed by atoms with E-state index in [0.29, 0.717) is 11.7 Å². The van der Waals surface area contributed by atoms with E-state index in [1.165, 1.54) is 0 Å². The van der Waals surface area contributed by atoms with Gasteiger partial charge in [-0.25, -0.2) is 9.97 Å². The Bertz CT molecular complexity index is 1700. The minimum Gasteiger partial charge on any atom is -0.348 e. The molecular weight excluding hydrogens is 494 g/mol. The van der Waals surface area contributed by atoms with Crippen molar-refractivity contribution in [3.8, 4) is 0 Å². The van der Waals surface area contributed by atoms with E-state index in [0.717, 1.165) is 82.0 Å². The Labute approximate surface area is 226 Å². The van der Waals surface area contributed by atoms with Gasteiger partial charge < -0.3 is 15.1 Å². The van der Waals surface area contributed by atoms with Gasteiger partial charge in [0.15, 0.2) is 5.11 Å². The summed E-state index contributed by atoms with van der Waals surface area (Å²) in [5.41, 5.74) is 5.67. The molecule has 1 aliphatic rings. The van der Waals surface area contributed by atoms with E-state index in [1.807, 2.05) is 61.2 Å². The molecule has 6 rings (SSSR count). The molecule has 0 aliphatic carbocycles. The van der Waals surface area contributed by atoms with Crippen LogP contribution in [0, 0.1) is 5.92 Å². The Morgan fingerprint density at radius 2 is 1.63 bits per heavy atom. The molecular formula is C29H29N7OS. The third kappa shape index (κ3) is 4.26. The zero-order valence-electron chi connectivity index (χ0n) is 21.5. The number of nitrogens with one attached hydrogen (secondary N) is 1. The molecule has 1 aliphatic heterocycles. The number of hydrogen-bond acceptors (Lipinski definition) is 6. The van der Waals surface area contributed by atoms with Gasteiger partial charge in [0.1, 0.15) is 0 Å². The van der Waals surface area contributed by atoms with E-state index in [1.54, 1.807) is 12.4 Å². The highest BCUT2D eigenvalue weighted by Gasteiger charge is 2.29. The first kappa shape index (κ1) is 24.4. The maximum atomic E-state index is 12.9. The lowest BCUT2D eigenvalue weighted by molar-refractivity contribution is -0.136. The monoisotopic (exact) mass is 523 g/mol. The lowest BCUT2D eigenvalue weighted by atomic mass is 9.96. The summed E-state index contributed by atoms with van der Waals surface area (Å²) in [5.74, 6) is 0.197. The third-order valence-electron chi connectivity index (χ3n) is 7.40. The first-order valence-electron chi connectivity index (χ1n) is 13.1. The lowest BCUT2D eigenvalue weighted by Gasteiger charge is -2.36. The topological polar surface area (TPSA) is 87.1 Å². The summed E-state index contributed by atoms with van der Waals surface area (Å²) in [4.78, 5) is 36.1. The number of carbonyl (C=O) groups excluding carboxylic acids is 1. The van der Waals surface area contributed by atoms with Gasteiger partial charge in [0.2, 0.25) is 5.91 Å². The van der Waals surface area contributed by atoms with Gasteiger partial charge in [-0.3, -0.25) is 14.8 Å². The van der Waals surface area contributed by atoms with Gasteiger partial charge in [-0.15, -0.1) is 0 Å². The number of anilines is 1. The predicted octanol–water partition coefficient (Wildman–Crippen LogP) is 5.16. The summed E-state index contributed by atoms with van der Waals surface area (Å²) < 4.78 is 0. The van der Waals surface area contributed by atoms with Crippen molar-refractivity contribution in [3.05, 3.63) is 54.9 Å². The van der Waals surface area contributed by atoms with Crippen molar-refractivity contribution in [2.24, 2.45) is 5.92 Å². The average Bonchev–Trinajstić information content (AvgIpc) is 2.97. The van der Waals surface area contributed by atoms with Crippen molar-refractivity contribution in [1.29, 1.82) is 0 Å². The van der Waals surface area contributed by atoms with Gasteiger partial charge in [-0.2, -0.15) is 0 Å². The SMILES string of the molecule is CCN(CC)C(=O)[C@@H]1CCCN(C(=S)Nc2ccc3nc4c5cccnc5c5ncccc5c4nc3c2)C1. The summed E-state index contributed by atoms with van der Waals surface area (Å²) in [6, 6.07) is 13.8. The number of likely N-dealkylation sites (tertiary alicyclic amines) is 1. The highest BCUT2D eigenvalue weighted by molar-refractivity contribution is 7.80. The number of benzene rings is 2. The molecule has 0 unspecified atom stereocenters. The number of carbonyl (C=O) groups is 1. The molecule has 8 nitrogen and oxygen atoms in total. The first-order valence-corrected chi connectivity index (χ1v) is 13.6. The molecule has 1 N–H and O–H groups in total. The molecule has 1 atom stereocenters. The number of rotatable bonds is 4. The molecule has 1 saturated heterocycles. The maximum absolute atomic E-state index is 12.9. The molecule has 0 saturated carbocycles. The normalized spacial score (nSPS) is 15.8. The Morgan fingerprint density at radius 1 is 0.974 bits per heavy atom. The van der Waals surface area contributed by atoms with Crippen LogP contribution in [0.4, 0.5) is 5.69 Å². The molecule has 1 amide bonds. The van der Waals surface area contributed by atoms with Crippen LogP contribution in [0.1, 0.15) is 26.7 Å². The second kappa shape index (κ2) is 10.1. The van der Waals surface area contributed by atoms with Crippen molar-refractivity contribution in [2.45, 2.75) is 26.7 Å². The fourth-order valence-corrected chi connectivity index (χ4v) is 5.72. The van der Waals surface area contributed by atoms with Gasteiger partial charge in [0.25, 0.3) is 0 Å². The van der Waals surface area contributed by atoms with E-state index in [-0.39, 0.29) is 11.8 Å². The molecule has 0 spiro atoms. The molecule has 0 bridgehead atoms. The number of fused-ring (bicyclic) bond motifs is 7. The fourth-order valence-electron chi connectivity index (χ4n) is 5.44. The second-order valence-corrected chi connectivity index (χ2v) is 10.0. The van der Waals surface area contributed by atoms with Crippen molar-refractivity contribution >= 4 is 72.8 Å². The van der Waals surface area contributed by atoms with Gasteiger partial charge >= 0.3 is 0 Å². The number of amides is 1. The van der Waals surface area contributed by atoms with Crippen LogP contribution in [0.25, 0.3) is 43.9 Å². The quantitative estimate of drug-likeness (QED) is 0.196. The molecule has 38 heavy (non-hydrogen) atoms. The summed E-state index contributed by atoms with van der Waals surface area (Å²) in [6.07, 6.45) is 5.40. The third-order valence-corrected chi connectivity index (χ3v) is 7.76. The molecule has 3 aromatic heterocycles. The van der Waals surface area contributed by atoms with Crippen LogP contribution < -0.4 is 5.32 Å². The van der Waals surface area contributed by atoms with Crippen LogP contribution in [0.5, 0.6) is 0 Å². The summed E-state index contributed by atoms with van der Waals surface area (Å²) in [6.45, 7) is 7.00. The van der Waals surface area contributed by atoms with Crippen molar-refractivity contribution in [3.63, 3.8) is 0 Å². The second-order valence-electron chi connectivity index (χ2n) is 9.65. The van der Waals surface area contributed by atoms with Gasteiger partial charge in [-0.05, 0) is 81.4 Å². The van der Waals surface area contributed by atoms with Gasteiger partial charge in [-0.1, -0.05) is 0 Å². The van der Waals surface area contributed by atoms with E-state index in [9.17, 15) is 4.79 Å². The first-order chi connectivity index (χ1) is 18.6. The molecule has 0 radical (unpaired) electrons. The van der Waals surface area contributed by atoms with Crippen molar-refractivity contribution in [1.82, 2.24) is 29.7 Å². The molecule has 192 valence electrons. The largest absolute Gasteiger partial charge is 0.348 e. The molecule has 5 aromatic rings.